The Morgan fingerprint density at radius 2 is 1.77 bits per heavy atom. The van der Waals surface area contributed by atoms with E-state index in [1.165, 1.54) is 0 Å². The zero-order valence-corrected chi connectivity index (χ0v) is 12.7. The van der Waals surface area contributed by atoms with Crippen LogP contribution in [-0.2, 0) is 4.79 Å². The number of amides is 1. The third-order valence-electron chi connectivity index (χ3n) is 3.18. The summed E-state index contributed by atoms with van der Waals surface area (Å²) >= 11 is 0. The van der Waals surface area contributed by atoms with Crippen molar-refractivity contribution in [3.05, 3.63) is 60.2 Å². The van der Waals surface area contributed by atoms with Crippen LogP contribution >= 0.6 is 0 Å². The van der Waals surface area contributed by atoms with Crippen molar-refractivity contribution in [2.24, 2.45) is 0 Å². The highest BCUT2D eigenvalue weighted by atomic mass is 16.5. The minimum Gasteiger partial charge on any atom is -0.482 e. The quantitative estimate of drug-likeness (QED) is 0.849. The maximum atomic E-state index is 12.5. The zero-order valence-electron chi connectivity index (χ0n) is 12.7. The Labute approximate surface area is 130 Å². The summed E-state index contributed by atoms with van der Waals surface area (Å²) < 4.78 is 5.53. The van der Waals surface area contributed by atoms with E-state index in [-0.39, 0.29) is 18.6 Å². The summed E-state index contributed by atoms with van der Waals surface area (Å²) in [6, 6.07) is 18.4. The normalized spacial score (nSPS) is 10.1. The number of anilines is 1. The van der Waals surface area contributed by atoms with Crippen molar-refractivity contribution in [3.8, 4) is 11.8 Å². The van der Waals surface area contributed by atoms with E-state index in [0.29, 0.717) is 11.3 Å². The standard InChI is InChI=1S/C18H18N2O2/c1-14(2)20(16-9-4-3-5-10-16)18(21)13-22-17-11-7-6-8-15(17)12-19/h3-11,14H,13H2,1-2H3. The molecule has 0 aliphatic heterocycles. The topological polar surface area (TPSA) is 53.3 Å². The van der Waals surface area contributed by atoms with E-state index < -0.39 is 0 Å². The van der Waals surface area contributed by atoms with Crippen molar-refractivity contribution in [2.45, 2.75) is 19.9 Å². The third-order valence-corrected chi connectivity index (χ3v) is 3.18. The number of carbonyl (C=O) groups excluding carboxylic acids is 1. The molecule has 0 saturated carbocycles. The highest BCUT2D eigenvalue weighted by molar-refractivity contribution is 5.94. The number of para-hydroxylation sites is 2. The second-order valence-electron chi connectivity index (χ2n) is 5.09. The molecule has 0 saturated heterocycles. The SMILES string of the molecule is CC(C)N(C(=O)COc1ccccc1C#N)c1ccccc1. The minimum absolute atomic E-state index is 0.0183. The van der Waals surface area contributed by atoms with Crippen LogP contribution < -0.4 is 9.64 Å². The van der Waals surface area contributed by atoms with Gasteiger partial charge in [-0.25, -0.2) is 0 Å². The predicted molar refractivity (Wildman–Crippen MR) is 85.7 cm³/mol. The largest absolute Gasteiger partial charge is 0.482 e. The molecule has 112 valence electrons. The van der Waals surface area contributed by atoms with E-state index in [4.69, 9.17) is 10.00 Å². The van der Waals surface area contributed by atoms with Gasteiger partial charge in [-0.15, -0.1) is 0 Å². The Morgan fingerprint density at radius 3 is 2.41 bits per heavy atom. The summed E-state index contributed by atoms with van der Waals surface area (Å²) in [6.45, 7) is 3.80. The highest BCUT2D eigenvalue weighted by Gasteiger charge is 2.19. The van der Waals surface area contributed by atoms with Gasteiger partial charge in [0.15, 0.2) is 6.61 Å². The molecular weight excluding hydrogens is 276 g/mol. The number of nitriles is 1. The van der Waals surface area contributed by atoms with Crippen LogP contribution in [0.1, 0.15) is 19.4 Å². The predicted octanol–water partition coefficient (Wildman–Crippen LogP) is 3.38. The van der Waals surface area contributed by atoms with E-state index in [2.05, 4.69) is 6.07 Å². The average molecular weight is 294 g/mol. The Bertz CT molecular complexity index is 675. The Balaban J connectivity index is 2.11. The van der Waals surface area contributed by atoms with Crippen molar-refractivity contribution >= 4 is 11.6 Å². The van der Waals surface area contributed by atoms with Crippen LogP contribution in [0.5, 0.6) is 5.75 Å². The Hall–Kier alpha value is -2.80. The molecule has 0 aromatic heterocycles. The minimum atomic E-state index is -0.144. The van der Waals surface area contributed by atoms with Gasteiger partial charge in [-0.2, -0.15) is 5.26 Å². The maximum absolute atomic E-state index is 12.5. The van der Waals surface area contributed by atoms with Gasteiger partial charge in [0, 0.05) is 11.7 Å². The summed E-state index contributed by atoms with van der Waals surface area (Å²) in [4.78, 5) is 14.2. The lowest BCUT2D eigenvalue weighted by molar-refractivity contribution is -0.120. The molecule has 0 heterocycles. The van der Waals surface area contributed by atoms with Gasteiger partial charge >= 0.3 is 0 Å². The van der Waals surface area contributed by atoms with Crippen LogP contribution in [0.3, 0.4) is 0 Å². The number of benzene rings is 2. The first-order valence-corrected chi connectivity index (χ1v) is 7.12. The number of ether oxygens (including phenoxy) is 1. The molecule has 2 aromatic rings. The summed E-state index contributed by atoms with van der Waals surface area (Å²) in [7, 11) is 0. The van der Waals surface area contributed by atoms with Crippen LogP contribution in [0.25, 0.3) is 0 Å². The molecule has 0 atom stereocenters. The van der Waals surface area contributed by atoms with E-state index in [1.54, 1.807) is 29.2 Å². The number of rotatable bonds is 5. The number of carbonyl (C=O) groups is 1. The monoisotopic (exact) mass is 294 g/mol. The molecular formula is C18H18N2O2. The lowest BCUT2D eigenvalue weighted by atomic mass is 10.2. The number of nitrogens with zero attached hydrogens (tertiary/aromatic N) is 2. The molecule has 4 nitrogen and oxygen atoms in total. The first-order valence-electron chi connectivity index (χ1n) is 7.12. The molecule has 2 aromatic carbocycles. The molecule has 0 unspecified atom stereocenters. The van der Waals surface area contributed by atoms with Crippen LogP contribution in [0.15, 0.2) is 54.6 Å². The van der Waals surface area contributed by atoms with E-state index >= 15 is 0 Å². The smallest absolute Gasteiger partial charge is 0.265 e. The second-order valence-corrected chi connectivity index (χ2v) is 5.09. The average Bonchev–Trinajstić information content (AvgIpc) is 2.54. The highest BCUT2D eigenvalue weighted by Crippen LogP contribution is 2.19. The van der Waals surface area contributed by atoms with Gasteiger partial charge in [0.1, 0.15) is 11.8 Å². The van der Waals surface area contributed by atoms with Crippen molar-refractivity contribution < 1.29 is 9.53 Å². The molecule has 0 aliphatic rings. The lowest BCUT2D eigenvalue weighted by Gasteiger charge is -2.26. The molecule has 0 N–H and O–H groups in total. The molecule has 2 rings (SSSR count). The summed E-state index contributed by atoms with van der Waals surface area (Å²) in [6.07, 6.45) is 0. The molecule has 0 aliphatic carbocycles. The fourth-order valence-corrected chi connectivity index (χ4v) is 2.21. The van der Waals surface area contributed by atoms with Gasteiger partial charge in [-0.1, -0.05) is 30.3 Å². The fourth-order valence-electron chi connectivity index (χ4n) is 2.21. The van der Waals surface area contributed by atoms with Crippen molar-refractivity contribution in [3.63, 3.8) is 0 Å². The van der Waals surface area contributed by atoms with Crippen molar-refractivity contribution in [1.29, 1.82) is 5.26 Å². The molecule has 1 amide bonds. The van der Waals surface area contributed by atoms with Gasteiger partial charge in [0.25, 0.3) is 5.91 Å². The summed E-state index contributed by atoms with van der Waals surface area (Å²) in [5.74, 6) is 0.282. The Kier molecular flexibility index (Phi) is 5.16. The first-order chi connectivity index (χ1) is 10.6. The van der Waals surface area contributed by atoms with E-state index in [0.717, 1.165) is 5.69 Å². The van der Waals surface area contributed by atoms with Crippen molar-refractivity contribution in [1.82, 2.24) is 0 Å². The van der Waals surface area contributed by atoms with Crippen LogP contribution in [0.2, 0.25) is 0 Å². The van der Waals surface area contributed by atoms with E-state index in [1.807, 2.05) is 44.2 Å². The molecule has 0 fully saturated rings. The fraction of sp³-hybridized carbons (Fsp3) is 0.222. The number of hydrogen-bond acceptors (Lipinski definition) is 3. The van der Waals surface area contributed by atoms with Gasteiger partial charge in [-0.3, -0.25) is 4.79 Å². The summed E-state index contributed by atoms with van der Waals surface area (Å²) in [5.41, 5.74) is 1.26. The van der Waals surface area contributed by atoms with Gasteiger partial charge < -0.3 is 9.64 Å². The Morgan fingerprint density at radius 1 is 1.14 bits per heavy atom. The van der Waals surface area contributed by atoms with Crippen molar-refractivity contribution in [2.75, 3.05) is 11.5 Å². The van der Waals surface area contributed by atoms with E-state index in [9.17, 15) is 4.79 Å². The lowest BCUT2D eigenvalue weighted by Crippen LogP contribution is -2.40. The van der Waals surface area contributed by atoms with Crippen LogP contribution in [0.4, 0.5) is 5.69 Å². The van der Waals surface area contributed by atoms with Crippen LogP contribution in [-0.4, -0.2) is 18.6 Å². The van der Waals surface area contributed by atoms with Crippen LogP contribution in [0, 0.1) is 11.3 Å². The molecule has 4 heteroatoms. The molecule has 0 spiro atoms. The third kappa shape index (κ3) is 3.64. The second kappa shape index (κ2) is 7.28. The first kappa shape index (κ1) is 15.6. The molecule has 22 heavy (non-hydrogen) atoms. The molecule has 0 radical (unpaired) electrons. The molecule has 0 bridgehead atoms. The van der Waals surface area contributed by atoms with Gasteiger partial charge in [0.05, 0.1) is 5.56 Å². The summed E-state index contributed by atoms with van der Waals surface area (Å²) in [5, 5.41) is 9.03. The number of hydrogen-bond donors (Lipinski definition) is 0. The van der Waals surface area contributed by atoms with Gasteiger partial charge in [-0.05, 0) is 38.1 Å². The maximum Gasteiger partial charge on any atom is 0.265 e. The van der Waals surface area contributed by atoms with Gasteiger partial charge in [0.2, 0.25) is 0 Å². The zero-order chi connectivity index (χ0) is 15.9.